The van der Waals surface area contributed by atoms with E-state index in [1.807, 2.05) is 11.4 Å². The molecule has 74 valence electrons. The molecule has 0 aliphatic heterocycles. The molecule has 0 fully saturated rings. The van der Waals surface area contributed by atoms with Gasteiger partial charge in [0.2, 0.25) is 0 Å². The Bertz CT molecular complexity index is 352. The molecule has 1 aromatic heterocycles. The van der Waals surface area contributed by atoms with Crippen LogP contribution in [0.4, 0.5) is 0 Å². The molecular formula is C10H10O2S2. The van der Waals surface area contributed by atoms with E-state index in [4.69, 9.17) is 5.11 Å². The first kappa shape index (κ1) is 11.1. The van der Waals surface area contributed by atoms with Crippen molar-refractivity contribution in [2.75, 3.05) is 0 Å². The second kappa shape index (κ2) is 5.02. The van der Waals surface area contributed by atoms with Crippen LogP contribution in [0.25, 0.3) is 0 Å². The predicted molar refractivity (Wildman–Crippen MR) is 62.0 cm³/mol. The molecule has 0 aliphatic rings. The third kappa shape index (κ3) is 2.49. The largest absolute Gasteiger partial charge is 0.480 e. The van der Waals surface area contributed by atoms with E-state index in [-0.39, 0.29) is 0 Å². The van der Waals surface area contributed by atoms with Crippen LogP contribution in [0.5, 0.6) is 0 Å². The van der Waals surface area contributed by atoms with E-state index < -0.39 is 11.9 Å². The van der Waals surface area contributed by atoms with Gasteiger partial charge in [0.15, 0.2) is 0 Å². The summed E-state index contributed by atoms with van der Waals surface area (Å²) in [7, 11) is 0. The molecule has 0 spiro atoms. The molecule has 14 heavy (non-hydrogen) atoms. The Hall–Kier alpha value is -1.000. The second-order valence-corrected chi connectivity index (χ2v) is 4.11. The first-order chi connectivity index (χ1) is 6.66. The van der Waals surface area contributed by atoms with Gasteiger partial charge in [-0.25, -0.2) is 0 Å². The van der Waals surface area contributed by atoms with E-state index in [1.165, 1.54) is 17.4 Å². The SMILES string of the molecule is C=C/C=C(\S)C(C(=O)O)c1cccs1. The maximum absolute atomic E-state index is 11.0. The fourth-order valence-corrected chi connectivity index (χ4v) is 2.34. The first-order valence-corrected chi connectivity index (χ1v) is 5.27. The summed E-state index contributed by atoms with van der Waals surface area (Å²) in [6.45, 7) is 3.51. The van der Waals surface area contributed by atoms with Crippen LogP contribution in [-0.4, -0.2) is 11.1 Å². The van der Waals surface area contributed by atoms with Gasteiger partial charge in [0.1, 0.15) is 5.92 Å². The van der Waals surface area contributed by atoms with Crippen LogP contribution < -0.4 is 0 Å². The van der Waals surface area contributed by atoms with Gasteiger partial charge in [-0.1, -0.05) is 24.8 Å². The highest BCUT2D eigenvalue weighted by molar-refractivity contribution is 7.84. The summed E-state index contributed by atoms with van der Waals surface area (Å²) in [6, 6.07) is 3.61. The minimum atomic E-state index is -0.893. The fraction of sp³-hybridized carbons (Fsp3) is 0.100. The topological polar surface area (TPSA) is 37.3 Å². The number of hydrogen-bond donors (Lipinski definition) is 2. The van der Waals surface area contributed by atoms with Crippen molar-refractivity contribution < 1.29 is 9.90 Å². The lowest BCUT2D eigenvalue weighted by Crippen LogP contribution is -2.10. The van der Waals surface area contributed by atoms with E-state index in [9.17, 15) is 4.79 Å². The maximum atomic E-state index is 11.0. The van der Waals surface area contributed by atoms with Crippen LogP contribution in [0.2, 0.25) is 0 Å². The van der Waals surface area contributed by atoms with Crippen molar-refractivity contribution in [3.05, 3.63) is 46.0 Å². The van der Waals surface area contributed by atoms with Crippen LogP contribution in [0.3, 0.4) is 0 Å². The Balaban J connectivity index is 3.03. The predicted octanol–water partition coefficient (Wildman–Crippen LogP) is 2.92. The zero-order chi connectivity index (χ0) is 10.6. The number of carbonyl (C=O) groups is 1. The van der Waals surface area contributed by atoms with Crippen LogP contribution in [0.15, 0.2) is 41.1 Å². The Morgan fingerprint density at radius 1 is 1.71 bits per heavy atom. The maximum Gasteiger partial charge on any atom is 0.316 e. The van der Waals surface area contributed by atoms with Gasteiger partial charge < -0.3 is 5.11 Å². The number of carboxylic acids is 1. The summed E-state index contributed by atoms with van der Waals surface area (Å²) in [5.74, 6) is -1.56. The number of hydrogen-bond acceptors (Lipinski definition) is 3. The van der Waals surface area contributed by atoms with Crippen molar-refractivity contribution >= 4 is 29.9 Å². The normalized spacial score (nSPS) is 13.6. The number of rotatable bonds is 4. The van der Waals surface area contributed by atoms with Crippen LogP contribution in [0.1, 0.15) is 10.8 Å². The summed E-state index contributed by atoms with van der Waals surface area (Å²) in [5.41, 5.74) is 0. The molecule has 0 bridgehead atoms. The quantitative estimate of drug-likeness (QED) is 0.612. The van der Waals surface area contributed by atoms with Gasteiger partial charge in [0, 0.05) is 9.78 Å². The lowest BCUT2D eigenvalue weighted by Gasteiger charge is -2.09. The van der Waals surface area contributed by atoms with Crippen molar-refractivity contribution in [1.82, 2.24) is 0 Å². The molecule has 1 rings (SSSR count). The molecule has 1 aromatic rings. The van der Waals surface area contributed by atoms with E-state index >= 15 is 0 Å². The molecule has 1 unspecified atom stereocenters. The highest BCUT2D eigenvalue weighted by Crippen LogP contribution is 2.30. The Morgan fingerprint density at radius 2 is 2.43 bits per heavy atom. The van der Waals surface area contributed by atoms with E-state index in [0.717, 1.165) is 4.88 Å². The van der Waals surface area contributed by atoms with Crippen LogP contribution >= 0.6 is 24.0 Å². The molecule has 0 saturated heterocycles. The molecule has 1 atom stereocenters. The minimum Gasteiger partial charge on any atom is -0.480 e. The molecule has 0 amide bonds. The summed E-state index contributed by atoms with van der Waals surface area (Å²) in [4.78, 5) is 12.3. The third-order valence-corrected chi connectivity index (χ3v) is 3.00. The fourth-order valence-electron chi connectivity index (χ4n) is 1.07. The van der Waals surface area contributed by atoms with Crippen molar-refractivity contribution in [1.29, 1.82) is 0 Å². The number of thiol groups is 1. The summed E-state index contributed by atoms with van der Waals surface area (Å²) in [6.07, 6.45) is 3.13. The van der Waals surface area contributed by atoms with Gasteiger partial charge in [0.05, 0.1) is 0 Å². The number of allylic oxidation sites excluding steroid dienone is 2. The van der Waals surface area contributed by atoms with Crippen LogP contribution in [0, 0.1) is 0 Å². The van der Waals surface area contributed by atoms with Crippen molar-refractivity contribution in [3.8, 4) is 0 Å². The average molecular weight is 226 g/mol. The Kier molecular flexibility index (Phi) is 3.98. The summed E-state index contributed by atoms with van der Waals surface area (Å²) < 4.78 is 0. The molecule has 0 saturated carbocycles. The van der Waals surface area contributed by atoms with Gasteiger partial charge in [-0.15, -0.1) is 24.0 Å². The Morgan fingerprint density at radius 3 is 2.86 bits per heavy atom. The molecule has 1 heterocycles. The second-order valence-electron chi connectivity index (χ2n) is 2.61. The zero-order valence-electron chi connectivity index (χ0n) is 7.38. The molecule has 0 aromatic carbocycles. The Labute approximate surface area is 92.0 Å². The minimum absolute atomic E-state index is 0.495. The molecular weight excluding hydrogens is 216 g/mol. The molecule has 4 heteroatoms. The number of thiophene rings is 1. The van der Waals surface area contributed by atoms with E-state index in [2.05, 4.69) is 19.2 Å². The lowest BCUT2D eigenvalue weighted by molar-refractivity contribution is -0.137. The smallest absolute Gasteiger partial charge is 0.316 e. The first-order valence-electron chi connectivity index (χ1n) is 3.94. The van der Waals surface area contributed by atoms with Crippen molar-refractivity contribution in [2.24, 2.45) is 0 Å². The summed E-state index contributed by atoms with van der Waals surface area (Å²) in [5, 5.41) is 10.9. The highest BCUT2D eigenvalue weighted by atomic mass is 32.1. The van der Waals surface area contributed by atoms with Gasteiger partial charge >= 0.3 is 5.97 Å². The standard InChI is InChI=1S/C10H10O2S2/c1-2-4-7(13)9(10(11)12)8-5-3-6-14-8/h2-6,9,13H,1H2,(H,11,12)/b7-4-. The monoisotopic (exact) mass is 226 g/mol. The van der Waals surface area contributed by atoms with Gasteiger partial charge in [-0.2, -0.15) is 0 Å². The average Bonchev–Trinajstić information content (AvgIpc) is 2.57. The van der Waals surface area contributed by atoms with Crippen LogP contribution in [-0.2, 0) is 4.79 Å². The van der Waals surface area contributed by atoms with E-state index in [0.29, 0.717) is 4.91 Å². The van der Waals surface area contributed by atoms with Gasteiger partial charge in [-0.05, 0) is 11.4 Å². The van der Waals surface area contributed by atoms with Crippen molar-refractivity contribution in [3.63, 3.8) is 0 Å². The van der Waals surface area contributed by atoms with E-state index in [1.54, 1.807) is 12.1 Å². The van der Waals surface area contributed by atoms with Gasteiger partial charge in [-0.3, -0.25) is 4.79 Å². The third-order valence-electron chi connectivity index (χ3n) is 1.66. The summed E-state index contributed by atoms with van der Waals surface area (Å²) >= 11 is 5.56. The lowest BCUT2D eigenvalue weighted by atomic mass is 10.1. The number of carboxylic acid groups (broad SMARTS) is 1. The molecule has 0 aliphatic carbocycles. The van der Waals surface area contributed by atoms with Crippen molar-refractivity contribution in [2.45, 2.75) is 5.92 Å². The highest BCUT2D eigenvalue weighted by Gasteiger charge is 2.22. The molecule has 2 nitrogen and oxygen atoms in total. The molecule has 1 N–H and O–H groups in total. The zero-order valence-corrected chi connectivity index (χ0v) is 9.09. The number of aliphatic carboxylic acids is 1. The van der Waals surface area contributed by atoms with Gasteiger partial charge in [0.25, 0.3) is 0 Å². The molecule has 0 radical (unpaired) electrons.